The van der Waals surface area contributed by atoms with Crippen LogP contribution >= 0.6 is 0 Å². The molecule has 1 fully saturated rings. The molecule has 100 valence electrons. The average molecular weight is 250 g/mol. The number of aromatic nitrogens is 2. The van der Waals surface area contributed by atoms with E-state index in [-0.39, 0.29) is 11.9 Å². The third-order valence-corrected chi connectivity index (χ3v) is 3.74. The van der Waals surface area contributed by atoms with Gasteiger partial charge in [-0.3, -0.25) is 9.89 Å². The Hall–Kier alpha value is -1.36. The normalized spacial score (nSPS) is 23.9. The largest absolute Gasteiger partial charge is 0.340 e. The quantitative estimate of drug-likeness (QED) is 0.842. The van der Waals surface area contributed by atoms with Crippen molar-refractivity contribution in [2.75, 3.05) is 13.6 Å². The number of nitrogens with zero attached hydrogens (tertiary/aromatic N) is 2. The molecule has 2 unspecified atom stereocenters. The molecule has 0 saturated carbocycles. The van der Waals surface area contributed by atoms with Gasteiger partial charge >= 0.3 is 0 Å². The number of likely N-dealkylation sites (N-methyl/N-ethyl adjacent to an activating group) is 1. The number of aromatic amines is 1. The van der Waals surface area contributed by atoms with Crippen molar-refractivity contribution in [1.29, 1.82) is 0 Å². The number of piperidine rings is 1. The fraction of sp³-hybridized carbons (Fsp3) is 0.692. The molecule has 2 heterocycles. The van der Waals surface area contributed by atoms with Crippen molar-refractivity contribution >= 4 is 5.91 Å². The zero-order chi connectivity index (χ0) is 13.0. The van der Waals surface area contributed by atoms with Crippen molar-refractivity contribution < 1.29 is 4.79 Å². The maximum Gasteiger partial charge on any atom is 0.239 e. The summed E-state index contributed by atoms with van der Waals surface area (Å²) in [5.74, 6) is 0.872. The fourth-order valence-electron chi connectivity index (χ4n) is 2.54. The summed E-state index contributed by atoms with van der Waals surface area (Å²) in [6.07, 6.45) is 6.90. The van der Waals surface area contributed by atoms with Gasteiger partial charge in [-0.15, -0.1) is 0 Å². The van der Waals surface area contributed by atoms with Crippen molar-refractivity contribution in [2.45, 2.75) is 38.8 Å². The third-order valence-electron chi connectivity index (χ3n) is 3.74. The van der Waals surface area contributed by atoms with Gasteiger partial charge in [-0.1, -0.05) is 13.3 Å². The van der Waals surface area contributed by atoms with Crippen LogP contribution in [0.5, 0.6) is 0 Å². The van der Waals surface area contributed by atoms with E-state index in [0.717, 1.165) is 24.9 Å². The first kappa shape index (κ1) is 13.1. The van der Waals surface area contributed by atoms with E-state index in [2.05, 4.69) is 22.4 Å². The molecule has 1 amide bonds. The van der Waals surface area contributed by atoms with E-state index in [0.29, 0.717) is 12.5 Å². The molecule has 5 heteroatoms. The SMILES string of the molecule is CCC1CCNC(C(=O)N(C)Cc2cn[nH]c2)C1. The lowest BCUT2D eigenvalue weighted by Crippen LogP contribution is -2.48. The van der Waals surface area contributed by atoms with Crippen LogP contribution in [0.3, 0.4) is 0 Å². The molecule has 0 aliphatic carbocycles. The first-order chi connectivity index (χ1) is 8.70. The number of amides is 1. The van der Waals surface area contributed by atoms with Crippen LogP contribution in [-0.2, 0) is 11.3 Å². The summed E-state index contributed by atoms with van der Waals surface area (Å²) in [5.41, 5.74) is 1.04. The van der Waals surface area contributed by atoms with E-state index in [9.17, 15) is 4.79 Å². The molecule has 0 radical (unpaired) electrons. The van der Waals surface area contributed by atoms with Crippen LogP contribution < -0.4 is 5.32 Å². The summed E-state index contributed by atoms with van der Waals surface area (Å²) in [7, 11) is 1.85. The lowest BCUT2D eigenvalue weighted by molar-refractivity contribution is -0.133. The molecular formula is C13H22N4O. The molecule has 0 bridgehead atoms. The second-order valence-electron chi connectivity index (χ2n) is 5.11. The summed E-state index contributed by atoms with van der Waals surface area (Å²) < 4.78 is 0. The number of hydrogen-bond acceptors (Lipinski definition) is 3. The number of rotatable bonds is 4. The lowest BCUT2D eigenvalue weighted by atomic mass is 9.90. The Labute approximate surface area is 108 Å². The highest BCUT2D eigenvalue weighted by Gasteiger charge is 2.27. The molecule has 1 aliphatic rings. The van der Waals surface area contributed by atoms with E-state index < -0.39 is 0 Å². The van der Waals surface area contributed by atoms with E-state index in [4.69, 9.17) is 0 Å². The Morgan fingerprint density at radius 3 is 3.11 bits per heavy atom. The van der Waals surface area contributed by atoms with Crippen LogP contribution in [0, 0.1) is 5.92 Å². The second kappa shape index (κ2) is 6.00. The number of H-pyrrole nitrogens is 1. The van der Waals surface area contributed by atoms with E-state index in [1.165, 1.54) is 6.42 Å². The van der Waals surface area contributed by atoms with E-state index in [1.807, 2.05) is 13.2 Å². The van der Waals surface area contributed by atoms with Gasteiger partial charge in [-0.2, -0.15) is 5.10 Å². The van der Waals surface area contributed by atoms with Gasteiger partial charge < -0.3 is 10.2 Å². The Morgan fingerprint density at radius 1 is 1.61 bits per heavy atom. The number of hydrogen-bond donors (Lipinski definition) is 2. The van der Waals surface area contributed by atoms with E-state index in [1.54, 1.807) is 11.1 Å². The van der Waals surface area contributed by atoms with Gasteiger partial charge in [0.2, 0.25) is 5.91 Å². The molecule has 0 spiro atoms. The zero-order valence-corrected chi connectivity index (χ0v) is 11.1. The molecule has 2 N–H and O–H groups in total. The maximum atomic E-state index is 12.3. The topological polar surface area (TPSA) is 61.0 Å². The minimum Gasteiger partial charge on any atom is -0.340 e. The summed E-state index contributed by atoms with van der Waals surface area (Å²) >= 11 is 0. The highest BCUT2D eigenvalue weighted by Crippen LogP contribution is 2.20. The Balaban J connectivity index is 1.89. The van der Waals surface area contributed by atoms with Crippen molar-refractivity contribution in [3.8, 4) is 0 Å². The molecule has 1 saturated heterocycles. The molecule has 1 aliphatic heterocycles. The predicted octanol–water partition coefficient (Wildman–Crippen LogP) is 1.15. The summed E-state index contributed by atoms with van der Waals surface area (Å²) in [6.45, 7) is 3.77. The van der Waals surface area contributed by atoms with Gasteiger partial charge in [-0.25, -0.2) is 0 Å². The molecule has 2 rings (SSSR count). The van der Waals surface area contributed by atoms with Gasteiger partial charge in [0.25, 0.3) is 0 Å². The molecule has 0 aromatic carbocycles. The van der Waals surface area contributed by atoms with Gasteiger partial charge in [0.1, 0.15) is 0 Å². The second-order valence-corrected chi connectivity index (χ2v) is 5.11. The minimum absolute atomic E-state index is 0.0133. The highest BCUT2D eigenvalue weighted by atomic mass is 16.2. The van der Waals surface area contributed by atoms with Crippen molar-refractivity contribution in [1.82, 2.24) is 20.4 Å². The van der Waals surface area contributed by atoms with Crippen molar-refractivity contribution in [2.24, 2.45) is 5.92 Å². The smallest absolute Gasteiger partial charge is 0.239 e. The first-order valence-electron chi connectivity index (χ1n) is 6.66. The van der Waals surface area contributed by atoms with Gasteiger partial charge in [0.15, 0.2) is 0 Å². The van der Waals surface area contributed by atoms with Crippen molar-refractivity contribution in [3.05, 3.63) is 18.0 Å². The van der Waals surface area contributed by atoms with Crippen LogP contribution in [0.2, 0.25) is 0 Å². The van der Waals surface area contributed by atoms with E-state index >= 15 is 0 Å². The van der Waals surface area contributed by atoms with Crippen LogP contribution in [0.15, 0.2) is 12.4 Å². The first-order valence-corrected chi connectivity index (χ1v) is 6.66. The molecule has 1 aromatic heterocycles. The fourth-order valence-corrected chi connectivity index (χ4v) is 2.54. The van der Waals surface area contributed by atoms with Gasteiger partial charge in [0.05, 0.1) is 12.2 Å². The number of carbonyl (C=O) groups excluding carboxylic acids is 1. The standard InChI is InChI=1S/C13H22N4O/c1-3-10-4-5-14-12(6-10)13(18)17(2)9-11-7-15-16-8-11/h7-8,10,12,14H,3-6,9H2,1-2H3,(H,15,16). The zero-order valence-electron chi connectivity index (χ0n) is 11.1. The van der Waals surface area contributed by atoms with Gasteiger partial charge in [-0.05, 0) is 25.3 Å². The molecule has 5 nitrogen and oxygen atoms in total. The maximum absolute atomic E-state index is 12.3. The van der Waals surface area contributed by atoms with Crippen molar-refractivity contribution in [3.63, 3.8) is 0 Å². The molecular weight excluding hydrogens is 228 g/mol. The average Bonchev–Trinajstić information content (AvgIpc) is 2.90. The summed E-state index contributed by atoms with van der Waals surface area (Å²) in [4.78, 5) is 14.1. The van der Waals surface area contributed by atoms with Crippen LogP contribution in [0.25, 0.3) is 0 Å². The minimum atomic E-state index is -0.0133. The molecule has 2 atom stereocenters. The molecule has 18 heavy (non-hydrogen) atoms. The monoisotopic (exact) mass is 250 g/mol. The Morgan fingerprint density at radius 2 is 2.44 bits per heavy atom. The van der Waals surface area contributed by atoms with Crippen LogP contribution in [-0.4, -0.2) is 40.6 Å². The molecule has 1 aromatic rings. The number of carbonyl (C=O) groups is 1. The van der Waals surface area contributed by atoms with Gasteiger partial charge in [0, 0.05) is 25.4 Å². The highest BCUT2D eigenvalue weighted by molar-refractivity contribution is 5.81. The third kappa shape index (κ3) is 3.10. The number of nitrogens with one attached hydrogen (secondary N) is 2. The Kier molecular flexibility index (Phi) is 4.36. The summed E-state index contributed by atoms with van der Waals surface area (Å²) in [6, 6.07) is -0.0133. The predicted molar refractivity (Wildman–Crippen MR) is 69.9 cm³/mol. The van der Waals surface area contributed by atoms with Crippen LogP contribution in [0.1, 0.15) is 31.7 Å². The Bertz CT molecular complexity index is 376. The summed E-state index contributed by atoms with van der Waals surface area (Å²) in [5, 5.41) is 9.99. The lowest BCUT2D eigenvalue weighted by Gasteiger charge is -2.31. The van der Waals surface area contributed by atoms with Crippen LogP contribution in [0.4, 0.5) is 0 Å².